The van der Waals surface area contributed by atoms with Crippen LogP contribution in [0.3, 0.4) is 0 Å². The predicted molar refractivity (Wildman–Crippen MR) is 71.7 cm³/mol. The third-order valence-electron chi connectivity index (χ3n) is 2.90. The third kappa shape index (κ3) is 3.20. The van der Waals surface area contributed by atoms with Crippen LogP contribution in [0.15, 0.2) is 36.5 Å². The molecule has 2 rings (SSSR count). The average molecular weight is 259 g/mol. The lowest BCUT2D eigenvalue weighted by atomic mass is 10.1. The zero-order valence-corrected chi connectivity index (χ0v) is 10.8. The highest BCUT2D eigenvalue weighted by Gasteiger charge is 2.16. The molecule has 1 amide bonds. The van der Waals surface area contributed by atoms with Gasteiger partial charge in [0.15, 0.2) is 0 Å². The number of hydrogen-bond donors (Lipinski definition) is 3. The number of carbonyl (C=O) groups is 1. The molecule has 0 radical (unpaired) electrons. The Balaban J connectivity index is 2.08. The van der Waals surface area contributed by atoms with E-state index < -0.39 is 6.04 Å². The highest BCUT2D eigenvalue weighted by Crippen LogP contribution is 2.12. The van der Waals surface area contributed by atoms with Gasteiger partial charge in [-0.25, -0.2) is 4.98 Å². The molecular weight excluding hydrogens is 242 g/mol. The van der Waals surface area contributed by atoms with E-state index in [0.29, 0.717) is 5.69 Å². The van der Waals surface area contributed by atoms with Crippen LogP contribution < -0.4 is 5.32 Å². The van der Waals surface area contributed by atoms with Crippen molar-refractivity contribution in [2.45, 2.75) is 19.4 Å². The lowest BCUT2D eigenvalue weighted by Gasteiger charge is -2.15. The molecule has 5 heteroatoms. The fourth-order valence-corrected chi connectivity index (χ4v) is 1.81. The minimum atomic E-state index is -0.415. The highest BCUT2D eigenvalue weighted by atomic mass is 16.3. The Labute approximate surface area is 111 Å². The Morgan fingerprint density at radius 3 is 2.74 bits per heavy atom. The second kappa shape index (κ2) is 6.15. The van der Waals surface area contributed by atoms with Crippen molar-refractivity contribution in [1.29, 1.82) is 0 Å². The number of imidazole rings is 1. The van der Waals surface area contributed by atoms with Gasteiger partial charge >= 0.3 is 0 Å². The van der Waals surface area contributed by atoms with Gasteiger partial charge in [0.1, 0.15) is 11.5 Å². The fraction of sp³-hybridized carbons (Fsp3) is 0.286. The number of aliphatic hydroxyl groups is 1. The quantitative estimate of drug-likeness (QED) is 0.760. The van der Waals surface area contributed by atoms with Crippen molar-refractivity contribution in [2.24, 2.45) is 0 Å². The molecule has 3 N–H and O–H groups in total. The molecule has 0 aliphatic rings. The van der Waals surface area contributed by atoms with Gasteiger partial charge in [-0.1, -0.05) is 37.3 Å². The monoisotopic (exact) mass is 259 g/mol. The number of hydrogen-bond acceptors (Lipinski definition) is 3. The first-order chi connectivity index (χ1) is 9.24. The largest absolute Gasteiger partial charge is 0.394 e. The van der Waals surface area contributed by atoms with Crippen molar-refractivity contribution >= 4 is 5.91 Å². The smallest absolute Gasteiger partial charge is 0.269 e. The van der Waals surface area contributed by atoms with Gasteiger partial charge in [-0.2, -0.15) is 0 Å². The Kier molecular flexibility index (Phi) is 4.30. The van der Waals surface area contributed by atoms with Crippen LogP contribution >= 0.6 is 0 Å². The molecule has 1 aromatic carbocycles. The number of H-pyrrole nitrogens is 1. The van der Waals surface area contributed by atoms with E-state index in [0.717, 1.165) is 17.8 Å². The van der Waals surface area contributed by atoms with Crippen molar-refractivity contribution in [2.75, 3.05) is 6.61 Å². The number of rotatable bonds is 5. The summed E-state index contributed by atoms with van der Waals surface area (Å²) in [6.07, 6.45) is 2.25. The molecule has 0 aliphatic carbocycles. The molecule has 1 atom stereocenters. The predicted octanol–water partition coefficient (Wildman–Crippen LogP) is 1.44. The summed E-state index contributed by atoms with van der Waals surface area (Å²) >= 11 is 0. The second-order valence-corrected chi connectivity index (χ2v) is 4.22. The van der Waals surface area contributed by atoms with Crippen LogP contribution in [0, 0.1) is 0 Å². The summed E-state index contributed by atoms with van der Waals surface area (Å²) in [7, 11) is 0. The van der Waals surface area contributed by atoms with E-state index >= 15 is 0 Å². The van der Waals surface area contributed by atoms with Gasteiger partial charge in [0.2, 0.25) is 0 Å². The van der Waals surface area contributed by atoms with Crippen LogP contribution in [0.25, 0.3) is 0 Å². The number of carbonyl (C=O) groups excluding carboxylic acids is 1. The van der Waals surface area contributed by atoms with Crippen molar-refractivity contribution in [3.05, 3.63) is 53.6 Å². The minimum absolute atomic E-state index is 0.148. The topological polar surface area (TPSA) is 78.0 Å². The lowest BCUT2D eigenvalue weighted by molar-refractivity contribution is 0.0911. The Bertz CT molecular complexity index is 537. The van der Waals surface area contributed by atoms with E-state index in [-0.39, 0.29) is 12.5 Å². The van der Waals surface area contributed by atoms with Gasteiger partial charge in [-0.3, -0.25) is 4.79 Å². The van der Waals surface area contributed by atoms with Gasteiger partial charge in [0, 0.05) is 6.42 Å². The Hall–Kier alpha value is -2.14. The summed E-state index contributed by atoms with van der Waals surface area (Å²) in [5.41, 5.74) is 1.28. The Morgan fingerprint density at radius 1 is 1.42 bits per heavy atom. The van der Waals surface area contributed by atoms with Crippen molar-refractivity contribution in [1.82, 2.24) is 15.3 Å². The van der Waals surface area contributed by atoms with Crippen molar-refractivity contribution in [3.63, 3.8) is 0 Å². The number of aromatic amines is 1. The molecular formula is C14H17N3O2. The molecule has 1 unspecified atom stereocenters. The van der Waals surface area contributed by atoms with E-state index in [4.69, 9.17) is 0 Å². The van der Waals surface area contributed by atoms with Gasteiger partial charge in [-0.15, -0.1) is 0 Å². The normalized spacial score (nSPS) is 12.1. The van der Waals surface area contributed by atoms with Crippen LogP contribution in [-0.2, 0) is 6.42 Å². The van der Waals surface area contributed by atoms with Gasteiger partial charge in [0.05, 0.1) is 18.8 Å². The molecule has 0 saturated carbocycles. The summed E-state index contributed by atoms with van der Waals surface area (Å²) < 4.78 is 0. The first-order valence-corrected chi connectivity index (χ1v) is 6.25. The summed E-state index contributed by atoms with van der Waals surface area (Å²) in [6, 6.07) is 8.95. The molecule has 2 aromatic rings. The summed E-state index contributed by atoms with van der Waals surface area (Å²) in [5, 5.41) is 12.2. The molecule has 5 nitrogen and oxygen atoms in total. The van der Waals surface area contributed by atoms with E-state index in [9.17, 15) is 9.90 Å². The number of aryl methyl sites for hydroxylation is 1. The number of nitrogens with zero attached hydrogens (tertiary/aromatic N) is 1. The second-order valence-electron chi connectivity index (χ2n) is 4.22. The average Bonchev–Trinajstić information content (AvgIpc) is 2.94. The number of benzene rings is 1. The van der Waals surface area contributed by atoms with Crippen molar-refractivity contribution < 1.29 is 9.90 Å². The number of amides is 1. The highest BCUT2D eigenvalue weighted by molar-refractivity contribution is 5.92. The molecule has 0 bridgehead atoms. The van der Waals surface area contributed by atoms with Crippen LogP contribution in [0.4, 0.5) is 0 Å². The van der Waals surface area contributed by atoms with Gasteiger partial charge < -0.3 is 15.4 Å². The lowest BCUT2D eigenvalue weighted by Crippen LogP contribution is -2.31. The molecule has 0 aliphatic heterocycles. The maximum atomic E-state index is 12.0. The SMILES string of the molecule is CCc1ncc(C(=O)NC(CO)c2ccccc2)[nH]1. The molecule has 19 heavy (non-hydrogen) atoms. The van der Waals surface area contributed by atoms with Crippen LogP contribution in [-0.4, -0.2) is 27.6 Å². The van der Waals surface area contributed by atoms with Gasteiger partial charge in [0.25, 0.3) is 5.91 Å². The third-order valence-corrected chi connectivity index (χ3v) is 2.90. The van der Waals surface area contributed by atoms with E-state index in [1.165, 1.54) is 6.20 Å². The molecule has 0 fully saturated rings. The van der Waals surface area contributed by atoms with E-state index in [1.807, 2.05) is 37.3 Å². The first-order valence-electron chi connectivity index (χ1n) is 6.25. The fourth-order valence-electron chi connectivity index (χ4n) is 1.81. The number of aromatic nitrogens is 2. The van der Waals surface area contributed by atoms with E-state index in [2.05, 4.69) is 15.3 Å². The zero-order chi connectivity index (χ0) is 13.7. The standard InChI is InChI=1S/C14H17N3O2/c1-2-13-15-8-11(16-13)14(19)17-12(9-18)10-6-4-3-5-7-10/h3-8,12,18H,2,9H2,1H3,(H,15,16)(H,17,19). The maximum absolute atomic E-state index is 12.0. The molecule has 1 aromatic heterocycles. The van der Waals surface area contributed by atoms with Crippen LogP contribution in [0.1, 0.15) is 34.8 Å². The summed E-state index contributed by atoms with van der Waals surface area (Å²) in [4.78, 5) is 19.0. The van der Waals surface area contributed by atoms with E-state index in [1.54, 1.807) is 0 Å². The van der Waals surface area contributed by atoms with Crippen molar-refractivity contribution in [3.8, 4) is 0 Å². The Morgan fingerprint density at radius 2 is 2.16 bits per heavy atom. The zero-order valence-electron chi connectivity index (χ0n) is 10.8. The molecule has 0 spiro atoms. The molecule has 1 heterocycles. The minimum Gasteiger partial charge on any atom is -0.394 e. The number of aliphatic hydroxyl groups excluding tert-OH is 1. The van der Waals surface area contributed by atoms with Gasteiger partial charge in [-0.05, 0) is 5.56 Å². The number of nitrogens with one attached hydrogen (secondary N) is 2. The molecule has 100 valence electrons. The maximum Gasteiger partial charge on any atom is 0.269 e. The van der Waals surface area contributed by atoms with Crippen LogP contribution in [0.2, 0.25) is 0 Å². The summed E-state index contributed by atoms with van der Waals surface area (Å²) in [6.45, 7) is 1.81. The summed E-state index contributed by atoms with van der Waals surface area (Å²) in [5.74, 6) is 0.500. The molecule has 0 saturated heterocycles. The first kappa shape index (κ1) is 13.3. The van der Waals surface area contributed by atoms with Crippen LogP contribution in [0.5, 0.6) is 0 Å².